The van der Waals surface area contributed by atoms with Gasteiger partial charge in [-0.15, -0.1) is 11.3 Å². The third-order valence-electron chi connectivity index (χ3n) is 2.59. The van der Waals surface area contributed by atoms with Gasteiger partial charge in [-0.05, 0) is 44.3 Å². The van der Waals surface area contributed by atoms with Crippen molar-refractivity contribution in [1.82, 2.24) is 5.32 Å². The first-order valence-corrected chi connectivity index (χ1v) is 7.13. The van der Waals surface area contributed by atoms with Crippen molar-refractivity contribution < 1.29 is 9.47 Å². The number of likely N-dealkylation sites (N-methyl/N-ethyl adjacent to an activating group) is 1. The van der Waals surface area contributed by atoms with E-state index in [1.165, 1.54) is 10.4 Å². The highest BCUT2D eigenvalue weighted by Crippen LogP contribution is 2.27. The highest BCUT2D eigenvalue weighted by molar-refractivity contribution is 7.10. The zero-order chi connectivity index (χ0) is 12.7. The number of aryl methyl sites for hydroxylation is 1. The van der Waals surface area contributed by atoms with Gasteiger partial charge >= 0.3 is 0 Å². The van der Waals surface area contributed by atoms with E-state index < -0.39 is 0 Å². The lowest BCUT2D eigenvalue weighted by molar-refractivity contribution is -0.155. The lowest BCUT2D eigenvalue weighted by atomic mass is 10.1. The van der Waals surface area contributed by atoms with E-state index in [9.17, 15) is 0 Å². The molecule has 0 amide bonds. The van der Waals surface area contributed by atoms with Crippen LogP contribution in [0.5, 0.6) is 0 Å². The van der Waals surface area contributed by atoms with Gasteiger partial charge in [-0.2, -0.15) is 0 Å². The molecule has 1 aromatic rings. The van der Waals surface area contributed by atoms with Crippen LogP contribution in [0.1, 0.15) is 37.3 Å². The molecule has 17 heavy (non-hydrogen) atoms. The Bertz CT molecular complexity index is 308. The van der Waals surface area contributed by atoms with Crippen molar-refractivity contribution in [3.63, 3.8) is 0 Å². The van der Waals surface area contributed by atoms with Gasteiger partial charge in [-0.3, -0.25) is 0 Å². The highest BCUT2D eigenvalue weighted by Gasteiger charge is 2.25. The molecule has 1 N–H and O–H groups in total. The summed E-state index contributed by atoms with van der Waals surface area (Å²) in [4.78, 5) is 1.32. The van der Waals surface area contributed by atoms with Crippen molar-refractivity contribution in [2.45, 2.75) is 40.0 Å². The molecule has 3 nitrogen and oxygen atoms in total. The van der Waals surface area contributed by atoms with Gasteiger partial charge in [-0.1, -0.05) is 6.92 Å². The van der Waals surface area contributed by atoms with Gasteiger partial charge < -0.3 is 14.8 Å². The first kappa shape index (κ1) is 14.6. The molecule has 1 heterocycles. The van der Waals surface area contributed by atoms with Crippen molar-refractivity contribution in [2.75, 3.05) is 19.8 Å². The van der Waals surface area contributed by atoms with Crippen LogP contribution in [0.25, 0.3) is 0 Å². The van der Waals surface area contributed by atoms with E-state index in [-0.39, 0.29) is 12.3 Å². The molecular formula is C13H23NO2S. The minimum Gasteiger partial charge on any atom is -0.351 e. The predicted molar refractivity (Wildman–Crippen MR) is 72.5 cm³/mol. The Morgan fingerprint density at radius 2 is 1.88 bits per heavy atom. The lowest BCUT2D eigenvalue weighted by Crippen LogP contribution is -2.36. The average Bonchev–Trinajstić information content (AvgIpc) is 2.72. The summed E-state index contributed by atoms with van der Waals surface area (Å²) in [5.74, 6) is 0. The summed E-state index contributed by atoms with van der Waals surface area (Å²) in [6.45, 7) is 10.5. The maximum Gasteiger partial charge on any atom is 0.176 e. The van der Waals surface area contributed by atoms with Gasteiger partial charge in [-0.25, -0.2) is 0 Å². The summed E-state index contributed by atoms with van der Waals surface area (Å²) in [6, 6.07) is 2.27. The van der Waals surface area contributed by atoms with Gasteiger partial charge in [0, 0.05) is 18.1 Å². The Hall–Kier alpha value is -0.420. The summed E-state index contributed by atoms with van der Waals surface area (Å²) in [7, 11) is 0. The molecular weight excluding hydrogens is 234 g/mol. The van der Waals surface area contributed by atoms with Gasteiger partial charge in [0.1, 0.15) is 0 Å². The van der Waals surface area contributed by atoms with Crippen molar-refractivity contribution in [2.24, 2.45) is 0 Å². The van der Waals surface area contributed by atoms with Crippen molar-refractivity contribution in [1.29, 1.82) is 0 Å². The van der Waals surface area contributed by atoms with Crippen LogP contribution in [0.2, 0.25) is 0 Å². The molecule has 1 aromatic heterocycles. The van der Waals surface area contributed by atoms with Gasteiger partial charge in [0.2, 0.25) is 0 Å². The maximum absolute atomic E-state index is 5.70. The molecule has 0 aliphatic heterocycles. The summed E-state index contributed by atoms with van der Waals surface area (Å²) < 4.78 is 11.4. The van der Waals surface area contributed by atoms with E-state index in [0.29, 0.717) is 13.2 Å². The molecule has 4 heteroatoms. The van der Waals surface area contributed by atoms with Gasteiger partial charge in [0.15, 0.2) is 6.29 Å². The molecule has 0 spiro atoms. The second-order valence-corrected chi connectivity index (χ2v) is 4.87. The monoisotopic (exact) mass is 257 g/mol. The lowest BCUT2D eigenvalue weighted by Gasteiger charge is -2.27. The van der Waals surface area contributed by atoms with E-state index in [1.807, 2.05) is 13.8 Å². The van der Waals surface area contributed by atoms with E-state index in [4.69, 9.17) is 9.47 Å². The number of nitrogens with one attached hydrogen (secondary N) is 1. The fourth-order valence-corrected chi connectivity index (χ4v) is 2.61. The van der Waals surface area contributed by atoms with E-state index in [2.05, 4.69) is 30.6 Å². The van der Waals surface area contributed by atoms with Crippen LogP contribution in [0.3, 0.4) is 0 Å². The van der Waals surface area contributed by atoms with Crippen LogP contribution in [0, 0.1) is 6.92 Å². The quantitative estimate of drug-likeness (QED) is 0.726. The fourth-order valence-electron chi connectivity index (χ4n) is 1.86. The SMILES string of the molecule is CCNC(c1ccsc1C)C(OCC)OCC. The molecule has 0 aromatic carbocycles. The third kappa shape index (κ3) is 4.07. The van der Waals surface area contributed by atoms with E-state index in [0.717, 1.165) is 6.54 Å². The number of hydrogen-bond donors (Lipinski definition) is 1. The van der Waals surface area contributed by atoms with Gasteiger partial charge in [0.25, 0.3) is 0 Å². The largest absolute Gasteiger partial charge is 0.351 e. The third-order valence-corrected chi connectivity index (χ3v) is 3.45. The maximum atomic E-state index is 5.70. The van der Waals surface area contributed by atoms with Crippen LogP contribution in [-0.4, -0.2) is 26.0 Å². The Balaban J connectivity index is 2.85. The minimum atomic E-state index is -0.210. The fraction of sp³-hybridized carbons (Fsp3) is 0.692. The Labute approximate surface area is 108 Å². The number of thiophene rings is 1. The van der Waals surface area contributed by atoms with E-state index >= 15 is 0 Å². The van der Waals surface area contributed by atoms with Gasteiger partial charge in [0.05, 0.1) is 6.04 Å². The smallest absolute Gasteiger partial charge is 0.176 e. The van der Waals surface area contributed by atoms with Crippen LogP contribution in [0.4, 0.5) is 0 Å². The highest BCUT2D eigenvalue weighted by atomic mass is 32.1. The van der Waals surface area contributed by atoms with Crippen LogP contribution >= 0.6 is 11.3 Å². The molecule has 0 bridgehead atoms. The van der Waals surface area contributed by atoms with Crippen molar-refractivity contribution in [3.8, 4) is 0 Å². The summed E-state index contributed by atoms with van der Waals surface area (Å²) >= 11 is 1.76. The molecule has 0 radical (unpaired) electrons. The Morgan fingerprint density at radius 3 is 2.29 bits per heavy atom. The number of hydrogen-bond acceptors (Lipinski definition) is 4. The molecule has 98 valence electrons. The van der Waals surface area contributed by atoms with E-state index in [1.54, 1.807) is 11.3 Å². The average molecular weight is 257 g/mol. The molecule has 1 rings (SSSR count). The van der Waals surface area contributed by atoms with Crippen LogP contribution < -0.4 is 5.32 Å². The molecule has 0 saturated carbocycles. The molecule has 1 unspecified atom stereocenters. The van der Waals surface area contributed by atoms with Crippen LogP contribution in [-0.2, 0) is 9.47 Å². The summed E-state index contributed by atoms with van der Waals surface area (Å²) in [6.07, 6.45) is -0.210. The van der Waals surface area contributed by atoms with Crippen LogP contribution in [0.15, 0.2) is 11.4 Å². The first-order valence-electron chi connectivity index (χ1n) is 6.25. The van der Waals surface area contributed by atoms with Crippen molar-refractivity contribution in [3.05, 3.63) is 21.9 Å². The normalized spacial score (nSPS) is 13.2. The predicted octanol–water partition coefficient (Wildman–Crippen LogP) is 3.11. The summed E-state index contributed by atoms with van der Waals surface area (Å²) in [5, 5.41) is 5.57. The molecule has 0 aliphatic rings. The van der Waals surface area contributed by atoms with Crippen molar-refractivity contribution >= 4 is 11.3 Å². The Morgan fingerprint density at radius 1 is 1.24 bits per heavy atom. The minimum absolute atomic E-state index is 0.117. The zero-order valence-electron chi connectivity index (χ0n) is 11.2. The Kier molecular flexibility index (Phi) is 6.73. The topological polar surface area (TPSA) is 30.5 Å². The molecule has 0 saturated heterocycles. The molecule has 0 aliphatic carbocycles. The summed E-state index contributed by atoms with van der Waals surface area (Å²) in [5.41, 5.74) is 1.28. The first-order chi connectivity index (χ1) is 8.24. The second kappa shape index (κ2) is 7.82. The second-order valence-electron chi connectivity index (χ2n) is 3.75. The molecule has 1 atom stereocenters. The zero-order valence-corrected chi connectivity index (χ0v) is 12.0. The standard InChI is InChI=1S/C13H23NO2S/c1-5-14-12(11-8-9-17-10(11)4)13(15-6-2)16-7-3/h8-9,12-14H,5-7H2,1-4H3. The molecule has 0 fully saturated rings. The number of rotatable bonds is 8. The number of ether oxygens (including phenoxy) is 2.